The second-order valence-corrected chi connectivity index (χ2v) is 5.37. The van der Waals surface area contributed by atoms with Crippen LogP contribution in [0.5, 0.6) is 23.0 Å². The number of hydrogen-bond donors (Lipinski definition) is 5. The minimum absolute atomic E-state index is 0.00296. The Hall–Kier alpha value is -4.15. The number of para-hydroxylation sites is 2. The van der Waals surface area contributed by atoms with Crippen LogP contribution in [0, 0.1) is 6.92 Å². The summed E-state index contributed by atoms with van der Waals surface area (Å²) in [5.74, 6) is -1.64. The van der Waals surface area contributed by atoms with E-state index in [1.807, 2.05) is 0 Å². The zero-order valence-electron chi connectivity index (χ0n) is 13.9. The third-order valence-corrected chi connectivity index (χ3v) is 3.57. The molecule has 0 fully saturated rings. The number of azo groups is 1. The Labute approximate surface area is 151 Å². The lowest BCUT2D eigenvalue weighted by Gasteiger charge is -2.00. The van der Waals surface area contributed by atoms with Gasteiger partial charge in [0.1, 0.15) is 11.4 Å². The van der Waals surface area contributed by atoms with Crippen molar-refractivity contribution in [1.82, 2.24) is 9.89 Å². The summed E-state index contributed by atoms with van der Waals surface area (Å²) in [6.45, 7) is 1.52. The lowest BCUT2D eigenvalue weighted by molar-refractivity contribution is 0.404. The molecule has 0 saturated carbocycles. The van der Waals surface area contributed by atoms with Crippen molar-refractivity contribution in [3.8, 4) is 23.0 Å². The van der Waals surface area contributed by atoms with Crippen molar-refractivity contribution in [2.24, 2.45) is 20.6 Å². The fourth-order valence-electron chi connectivity index (χ4n) is 2.10. The molecule has 11 heteroatoms. The summed E-state index contributed by atoms with van der Waals surface area (Å²) < 4.78 is 0. The molecule has 0 spiro atoms. The fourth-order valence-corrected chi connectivity index (χ4v) is 2.10. The van der Waals surface area contributed by atoms with Crippen molar-refractivity contribution >= 4 is 17.1 Å². The van der Waals surface area contributed by atoms with E-state index < -0.39 is 17.1 Å². The van der Waals surface area contributed by atoms with E-state index in [0.29, 0.717) is 0 Å². The smallest absolute Gasteiger partial charge is 0.293 e. The molecule has 0 aliphatic carbocycles. The second kappa shape index (κ2) is 7.00. The average molecular weight is 370 g/mol. The first-order chi connectivity index (χ1) is 12.9. The number of nitrogens with zero attached hydrogens (tertiary/aromatic N) is 5. The maximum atomic E-state index is 12.0. The number of rotatable bonds is 4. The Kier molecular flexibility index (Phi) is 4.58. The number of aromatic nitrogens is 2. The molecule has 0 aliphatic heterocycles. The molecule has 2 aromatic carbocycles. The SMILES string of the molecule is Cc1c(N=Nc2cccc(O)c2O)c(=O)[nH]n1N=Nc1cccc(O)c1O. The molecule has 0 radical (unpaired) electrons. The molecular weight excluding hydrogens is 356 g/mol. The van der Waals surface area contributed by atoms with Crippen LogP contribution in [0.2, 0.25) is 0 Å². The molecule has 11 nitrogen and oxygen atoms in total. The molecule has 138 valence electrons. The van der Waals surface area contributed by atoms with Gasteiger partial charge in [0.2, 0.25) is 0 Å². The van der Waals surface area contributed by atoms with Crippen LogP contribution >= 0.6 is 0 Å². The third-order valence-electron chi connectivity index (χ3n) is 3.57. The van der Waals surface area contributed by atoms with Crippen LogP contribution in [0.4, 0.5) is 17.1 Å². The first-order valence-electron chi connectivity index (χ1n) is 7.55. The van der Waals surface area contributed by atoms with Gasteiger partial charge in [0, 0.05) is 0 Å². The van der Waals surface area contributed by atoms with Gasteiger partial charge in [-0.05, 0) is 36.4 Å². The normalized spacial score (nSPS) is 11.6. The molecule has 0 unspecified atom stereocenters. The Morgan fingerprint density at radius 2 is 1.41 bits per heavy atom. The van der Waals surface area contributed by atoms with Crippen LogP contribution < -0.4 is 5.56 Å². The van der Waals surface area contributed by atoms with Crippen molar-refractivity contribution in [1.29, 1.82) is 0 Å². The molecule has 0 bridgehead atoms. The summed E-state index contributed by atoms with van der Waals surface area (Å²) >= 11 is 0. The fraction of sp³-hybridized carbons (Fsp3) is 0.0625. The van der Waals surface area contributed by atoms with Gasteiger partial charge in [0.05, 0.1) is 5.69 Å². The third kappa shape index (κ3) is 3.46. The maximum absolute atomic E-state index is 12.0. The summed E-state index contributed by atoms with van der Waals surface area (Å²) in [6, 6.07) is 8.31. The van der Waals surface area contributed by atoms with Crippen LogP contribution in [-0.2, 0) is 0 Å². The quantitative estimate of drug-likeness (QED) is 0.350. The topological polar surface area (TPSA) is 168 Å². The highest BCUT2D eigenvalue weighted by Gasteiger charge is 2.12. The summed E-state index contributed by atoms with van der Waals surface area (Å²) in [5, 5.41) is 55.7. The molecule has 0 aliphatic rings. The predicted molar refractivity (Wildman–Crippen MR) is 93.4 cm³/mol. The highest BCUT2D eigenvalue weighted by molar-refractivity contribution is 5.58. The Morgan fingerprint density at radius 1 is 0.852 bits per heavy atom. The molecule has 0 atom stereocenters. The predicted octanol–water partition coefficient (Wildman–Crippen LogP) is 3.27. The van der Waals surface area contributed by atoms with Crippen molar-refractivity contribution in [3.05, 3.63) is 52.4 Å². The first kappa shape index (κ1) is 17.7. The number of phenols is 4. The Morgan fingerprint density at radius 3 is 2.00 bits per heavy atom. The molecule has 27 heavy (non-hydrogen) atoms. The molecule has 3 aromatic rings. The highest BCUT2D eigenvalue weighted by atomic mass is 16.3. The molecular formula is C16H14N6O5. The van der Waals surface area contributed by atoms with Crippen LogP contribution in [0.25, 0.3) is 0 Å². The number of phenolic OH excluding ortho intramolecular Hbond substituents is 4. The number of benzene rings is 2. The van der Waals surface area contributed by atoms with Crippen molar-refractivity contribution in [2.45, 2.75) is 6.92 Å². The second-order valence-electron chi connectivity index (χ2n) is 5.37. The summed E-state index contributed by atoms with van der Waals surface area (Å²) in [5.41, 5.74) is -0.469. The number of aromatic amines is 1. The number of aromatic hydroxyl groups is 4. The van der Waals surface area contributed by atoms with E-state index in [1.54, 1.807) is 0 Å². The van der Waals surface area contributed by atoms with Gasteiger partial charge in [-0.3, -0.25) is 4.79 Å². The monoisotopic (exact) mass is 370 g/mol. The van der Waals surface area contributed by atoms with Crippen LogP contribution in [0.15, 0.2) is 61.8 Å². The van der Waals surface area contributed by atoms with Crippen molar-refractivity contribution < 1.29 is 20.4 Å². The van der Waals surface area contributed by atoms with Gasteiger partial charge in [0.25, 0.3) is 5.56 Å². The lowest BCUT2D eigenvalue weighted by atomic mass is 10.3. The molecule has 1 heterocycles. The van der Waals surface area contributed by atoms with E-state index in [4.69, 9.17) is 0 Å². The van der Waals surface area contributed by atoms with Gasteiger partial charge < -0.3 is 20.4 Å². The van der Waals surface area contributed by atoms with E-state index in [-0.39, 0.29) is 34.3 Å². The van der Waals surface area contributed by atoms with E-state index in [1.165, 1.54) is 43.3 Å². The zero-order chi connectivity index (χ0) is 19.6. The lowest BCUT2D eigenvalue weighted by Crippen LogP contribution is -2.01. The number of H-pyrrole nitrogens is 1. The zero-order valence-corrected chi connectivity index (χ0v) is 13.9. The molecule has 3 rings (SSSR count). The van der Waals surface area contributed by atoms with Gasteiger partial charge in [-0.25, -0.2) is 5.10 Å². The summed E-state index contributed by atoms with van der Waals surface area (Å²) in [7, 11) is 0. The minimum atomic E-state index is -0.616. The van der Waals surface area contributed by atoms with Crippen molar-refractivity contribution in [2.75, 3.05) is 0 Å². The molecule has 0 saturated heterocycles. The van der Waals surface area contributed by atoms with E-state index in [9.17, 15) is 25.2 Å². The summed E-state index contributed by atoms with van der Waals surface area (Å²) in [6.07, 6.45) is 0. The van der Waals surface area contributed by atoms with Crippen LogP contribution in [0.3, 0.4) is 0 Å². The minimum Gasteiger partial charge on any atom is -0.504 e. The van der Waals surface area contributed by atoms with Gasteiger partial charge in [-0.1, -0.05) is 12.1 Å². The van der Waals surface area contributed by atoms with Gasteiger partial charge in [-0.2, -0.15) is 4.79 Å². The standard InChI is InChI=1S/C16H14N6O5/c1-8-13(19-17-9-4-2-6-11(23)14(9)25)16(27)20-22(8)21-18-10-5-3-7-12(24)15(10)26/h2-7,23-26H,1H3,(H,20,27). The van der Waals surface area contributed by atoms with Gasteiger partial charge >= 0.3 is 0 Å². The van der Waals surface area contributed by atoms with Gasteiger partial charge in [-0.15, -0.1) is 15.3 Å². The first-order valence-corrected chi connectivity index (χ1v) is 7.55. The van der Waals surface area contributed by atoms with Gasteiger partial charge in [0.15, 0.2) is 28.7 Å². The molecule has 1 aromatic heterocycles. The largest absolute Gasteiger partial charge is 0.504 e. The maximum Gasteiger partial charge on any atom is 0.293 e. The Balaban J connectivity index is 1.92. The average Bonchev–Trinajstić information content (AvgIpc) is 2.91. The summed E-state index contributed by atoms with van der Waals surface area (Å²) in [4.78, 5) is 13.0. The number of nitrogens with one attached hydrogen (secondary N) is 1. The molecule has 5 N–H and O–H groups in total. The highest BCUT2D eigenvalue weighted by Crippen LogP contribution is 2.36. The van der Waals surface area contributed by atoms with Crippen LogP contribution in [-0.4, -0.2) is 30.3 Å². The van der Waals surface area contributed by atoms with Crippen LogP contribution in [0.1, 0.15) is 5.69 Å². The Bertz CT molecular complexity index is 1110. The van der Waals surface area contributed by atoms with Crippen molar-refractivity contribution in [3.63, 3.8) is 0 Å². The van der Waals surface area contributed by atoms with E-state index in [2.05, 4.69) is 25.7 Å². The van der Waals surface area contributed by atoms with E-state index in [0.717, 1.165) is 4.79 Å². The van der Waals surface area contributed by atoms with E-state index >= 15 is 0 Å². The number of hydrogen-bond acceptors (Lipinski definition) is 9. The molecule has 0 amide bonds.